The highest BCUT2D eigenvalue weighted by Gasteiger charge is 2.20. The fraction of sp³-hybridized carbons (Fsp3) is 0.346. The lowest BCUT2D eigenvalue weighted by molar-refractivity contribution is -0.127. The van der Waals surface area contributed by atoms with Crippen molar-refractivity contribution in [3.05, 3.63) is 58.3 Å². The van der Waals surface area contributed by atoms with Crippen molar-refractivity contribution in [1.82, 2.24) is 9.80 Å². The second-order valence-electron chi connectivity index (χ2n) is 8.14. The van der Waals surface area contributed by atoms with Crippen molar-refractivity contribution in [2.24, 2.45) is 0 Å². The van der Waals surface area contributed by atoms with Crippen LogP contribution in [0.5, 0.6) is 5.75 Å². The predicted octanol–water partition coefficient (Wildman–Crippen LogP) is 6.37. The smallest absolute Gasteiger partial charge is 0.246 e. The van der Waals surface area contributed by atoms with Crippen molar-refractivity contribution >= 4 is 45.7 Å². The Labute approximate surface area is 204 Å². The standard InChI is InChI=1S/C26H28Cl2N2O3/c1-4-29-8-10-30(11-9-29)26(31)12-17(3)20-14-21-22(19-7-6-18(27)13-23(19)28)16-33-25(21)15-24(20)32-5-2/h6-7,12-16H,4-5,8-11H2,1-3H3/b17-12+. The summed E-state index contributed by atoms with van der Waals surface area (Å²) >= 11 is 12.5. The van der Waals surface area contributed by atoms with E-state index in [1.165, 1.54) is 0 Å². The SMILES string of the molecule is CCOc1cc2occ(-c3ccc(Cl)cc3Cl)c2cc1/C(C)=C/C(=O)N1CCN(CC)CC1. The minimum absolute atomic E-state index is 0.0268. The van der Waals surface area contributed by atoms with Gasteiger partial charge in [-0.15, -0.1) is 0 Å². The number of nitrogens with zero attached hydrogens (tertiary/aromatic N) is 2. The number of rotatable bonds is 6. The Morgan fingerprint density at radius 1 is 1.09 bits per heavy atom. The summed E-state index contributed by atoms with van der Waals surface area (Å²) in [4.78, 5) is 17.2. The zero-order chi connectivity index (χ0) is 23.5. The molecule has 0 unspecified atom stereocenters. The number of halogens is 2. The highest BCUT2D eigenvalue weighted by atomic mass is 35.5. The molecule has 1 aliphatic heterocycles. The Hall–Kier alpha value is -2.47. The molecule has 3 aromatic rings. The van der Waals surface area contributed by atoms with Gasteiger partial charge in [-0.2, -0.15) is 0 Å². The molecule has 174 valence electrons. The summed E-state index contributed by atoms with van der Waals surface area (Å²) in [5, 5.41) is 2.02. The van der Waals surface area contributed by atoms with Crippen molar-refractivity contribution in [2.75, 3.05) is 39.3 Å². The van der Waals surface area contributed by atoms with Crippen molar-refractivity contribution in [3.63, 3.8) is 0 Å². The largest absolute Gasteiger partial charge is 0.493 e. The van der Waals surface area contributed by atoms with Crippen LogP contribution in [0.25, 0.3) is 27.7 Å². The van der Waals surface area contributed by atoms with E-state index in [2.05, 4.69) is 11.8 Å². The number of ether oxygens (including phenoxy) is 1. The van der Waals surface area contributed by atoms with Crippen LogP contribution in [0.4, 0.5) is 0 Å². The van der Waals surface area contributed by atoms with Crippen LogP contribution < -0.4 is 4.74 Å². The molecule has 1 saturated heterocycles. The van der Waals surface area contributed by atoms with Gasteiger partial charge in [0.15, 0.2) is 0 Å². The van der Waals surface area contributed by atoms with Crippen LogP contribution in [0.2, 0.25) is 10.0 Å². The summed E-state index contributed by atoms with van der Waals surface area (Å²) in [6, 6.07) is 9.29. The van der Waals surface area contributed by atoms with Gasteiger partial charge >= 0.3 is 0 Å². The quantitative estimate of drug-likeness (QED) is 0.379. The molecule has 1 aromatic heterocycles. The number of allylic oxidation sites excluding steroid dienone is 1. The number of carbonyl (C=O) groups excluding carboxylic acids is 1. The van der Waals surface area contributed by atoms with Crippen LogP contribution in [0, 0.1) is 0 Å². The molecule has 1 fully saturated rings. The number of benzene rings is 2. The van der Waals surface area contributed by atoms with Crippen LogP contribution in [0.15, 0.2) is 47.1 Å². The van der Waals surface area contributed by atoms with Gasteiger partial charge in [-0.1, -0.05) is 36.2 Å². The Balaban J connectivity index is 1.71. The van der Waals surface area contributed by atoms with Crippen LogP contribution in [0.3, 0.4) is 0 Å². The van der Waals surface area contributed by atoms with E-state index >= 15 is 0 Å². The number of hydrogen-bond acceptors (Lipinski definition) is 4. The Morgan fingerprint density at radius 2 is 1.85 bits per heavy atom. The second kappa shape index (κ2) is 10.2. The average Bonchev–Trinajstić information content (AvgIpc) is 3.21. The highest BCUT2D eigenvalue weighted by Crippen LogP contribution is 2.40. The third-order valence-corrected chi connectivity index (χ3v) is 6.64. The molecule has 1 amide bonds. The topological polar surface area (TPSA) is 45.9 Å². The lowest BCUT2D eigenvalue weighted by Crippen LogP contribution is -2.48. The molecule has 5 nitrogen and oxygen atoms in total. The number of furan rings is 1. The Bertz CT molecular complexity index is 1190. The van der Waals surface area contributed by atoms with E-state index in [0.717, 1.165) is 60.4 Å². The molecule has 0 aliphatic carbocycles. The zero-order valence-corrected chi connectivity index (χ0v) is 20.7. The fourth-order valence-electron chi connectivity index (χ4n) is 4.19. The predicted molar refractivity (Wildman–Crippen MR) is 135 cm³/mol. The van der Waals surface area contributed by atoms with Gasteiger partial charge in [0.05, 0.1) is 17.9 Å². The van der Waals surface area contributed by atoms with Gasteiger partial charge in [-0.25, -0.2) is 0 Å². The summed E-state index contributed by atoms with van der Waals surface area (Å²) in [5.74, 6) is 0.712. The van der Waals surface area contributed by atoms with Crippen molar-refractivity contribution in [3.8, 4) is 16.9 Å². The maximum atomic E-state index is 13.0. The first-order valence-corrected chi connectivity index (χ1v) is 12.0. The summed E-state index contributed by atoms with van der Waals surface area (Å²) in [6.07, 6.45) is 3.40. The molecule has 2 aromatic carbocycles. The number of piperazine rings is 1. The van der Waals surface area contributed by atoms with E-state index in [-0.39, 0.29) is 5.91 Å². The summed E-state index contributed by atoms with van der Waals surface area (Å²) in [5.41, 5.74) is 4.10. The number of likely N-dealkylation sites (N-methyl/N-ethyl adjacent to an activating group) is 1. The third kappa shape index (κ3) is 5.06. The van der Waals surface area contributed by atoms with Crippen LogP contribution in [0.1, 0.15) is 26.3 Å². The molecule has 0 bridgehead atoms. The zero-order valence-electron chi connectivity index (χ0n) is 19.2. The fourth-order valence-corrected chi connectivity index (χ4v) is 4.70. The molecule has 0 atom stereocenters. The van der Waals surface area contributed by atoms with E-state index < -0.39 is 0 Å². The van der Waals surface area contributed by atoms with Gasteiger partial charge in [0, 0.05) is 65.4 Å². The Kier molecular flexibility index (Phi) is 7.32. The number of hydrogen-bond donors (Lipinski definition) is 0. The van der Waals surface area contributed by atoms with Gasteiger partial charge in [-0.05, 0) is 44.2 Å². The van der Waals surface area contributed by atoms with E-state index in [4.69, 9.17) is 32.4 Å². The van der Waals surface area contributed by atoms with E-state index in [9.17, 15) is 4.79 Å². The molecular weight excluding hydrogens is 459 g/mol. The molecule has 0 radical (unpaired) electrons. The number of carbonyl (C=O) groups is 1. The van der Waals surface area contributed by atoms with Gasteiger partial charge in [0.25, 0.3) is 0 Å². The van der Waals surface area contributed by atoms with Gasteiger partial charge in [0.1, 0.15) is 11.3 Å². The molecule has 2 heterocycles. The first kappa shape index (κ1) is 23.7. The molecule has 33 heavy (non-hydrogen) atoms. The van der Waals surface area contributed by atoms with Crippen LogP contribution in [-0.2, 0) is 4.79 Å². The molecule has 4 rings (SSSR count). The van der Waals surface area contributed by atoms with Crippen LogP contribution >= 0.6 is 23.2 Å². The number of amides is 1. The van der Waals surface area contributed by atoms with Crippen molar-refractivity contribution in [2.45, 2.75) is 20.8 Å². The van der Waals surface area contributed by atoms with E-state index in [0.29, 0.717) is 28.0 Å². The molecule has 0 N–H and O–H groups in total. The lowest BCUT2D eigenvalue weighted by Gasteiger charge is -2.33. The molecule has 7 heteroatoms. The molecular formula is C26H28Cl2N2O3. The number of fused-ring (bicyclic) bond motifs is 1. The van der Waals surface area contributed by atoms with Gasteiger partial charge < -0.3 is 19.0 Å². The monoisotopic (exact) mass is 486 g/mol. The molecule has 1 aliphatic rings. The minimum Gasteiger partial charge on any atom is -0.493 e. The second-order valence-corrected chi connectivity index (χ2v) is 8.98. The van der Waals surface area contributed by atoms with E-state index in [1.807, 2.05) is 36.9 Å². The summed E-state index contributed by atoms with van der Waals surface area (Å²) in [6.45, 7) is 10.9. The average molecular weight is 487 g/mol. The van der Waals surface area contributed by atoms with Gasteiger partial charge in [0.2, 0.25) is 5.91 Å². The van der Waals surface area contributed by atoms with Gasteiger partial charge in [-0.3, -0.25) is 4.79 Å². The first-order valence-electron chi connectivity index (χ1n) is 11.2. The van der Waals surface area contributed by atoms with Crippen molar-refractivity contribution < 1.29 is 13.9 Å². The maximum Gasteiger partial charge on any atom is 0.246 e. The van der Waals surface area contributed by atoms with Crippen LogP contribution in [-0.4, -0.2) is 55.0 Å². The minimum atomic E-state index is 0.0268. The Morgan fingerprint density at radius 3 is 2.52 bits per heavy atom. The first-order chi connectivity index (χ1) is 15.9. The highest BCUT2D eigenvalue weighted by molar-refractivity contribution is 6.36. The van der Waals surface area contributed by atoms with E-state index in [1.54, 1.807) is 24.5 Å². The molecule has 0 spiro atoms. The maximum absolute atomic E-state index is 13.0. The summed E-state index contributed by atoms with van der Waals surface area (Å²) < 4.78 is 11.7. The third-order valence-electron chi connectivity index (χ3n) is 6.09. The lowest BCUT2D eigenvalue weighted by atomic mass is 9.99. The summed E-state index contributed by atoms with van der Waals surface area (Å²) in [7, 11) is 0. The van der Waals surface area contributed by atoms with Crippen molar-refractivity contribution in [1.29, 1.82) is 0 Å². The molecule has 0 saturated carbocycles. The normalized spacial score (nSPS) is 15.3.